The number of nitrogens with zero attached hydrogens (tertiary/aromatic N) is 1. The van der Waals surface area contributed by atoms with E-state index in [1.54, 1.807) is 11.3 Å². The van der Waals surface area contributed by atoms with E-state index in [-0.39, 0.29) is 0 Å². The minimum atomic E-state index is -0.788. The number of carboxylic acids is 1. The Morgan fingerprint density at radius 1 is 1.61 bits per heavy atom. The molecule has 1 saturated carbocycles. The Hall–Kier alpha value is -1.13. The van der Waals surface area contributed by atoms with Gasteiger partial charge in [0.05, 0.1) is 0 Å². The van der Waals surface area contributed by atoms with Gasteiger partial charge in [-0.2, -0.15) is 0 Å². The molecule has 0 aliphatic heterocycles. The SMILES string of the molecule is CCC(=CCN(Cc1cccs1)C1CC1)C(=O)O. The second-order valence-electron chi connectivity index (χ2n) is 4.63. The number of carbonyl (C=O) groups is 1. The fourth-order valence-corrected chi connectivity index (χ4v) is 2.72. The van der Waals surface area contributed by atoms with Gasteiger partial charge in [0, 0.05) is 29.6 Å². The maximum atomic E-state index is 11.0. The Bertz CT molecular complexity index is 421. The molecule has 0 amide bonds. The van der Waals surface area contributed by atoms with Gasteiger partial charge in [-0.25, -0.2) is 4.79 Å². The number of thiophene rings is 1. The van der Waals surface area contributed by atoms with Gasteiger partial charge in [-0.15, -0.1) is 11.3 Å². The first kappa shape index (κ1) is 13.3. The molecule has 2 rings (SSSR count). The van der Waals surface area contributed by atoms with Gasteiger partial charge in [-0.3, -0.25) is 4.90 Å². The topological polar surface area (TPSA) is 40.5 Å². The lowest BCUT2D eigenvalue weighted by molar-refractivity contribution is -0.132. The normalized spacial score (nSPS) is 16.2. The van der Waals surface area contributed by atoms with E-state index in [0.29, 0.717) is 18.0 Å². The molecule has 0 radical (unpaired) electrons. The molecule has 1 fully saturated rings. The van der Waals surface area contributed by atoms with Crippen LogP contribution in [-0.2, 0) is 11.3 Å². The zero-order valence-corrected chi connectivity index (χ0v) is 11.4. The summed E-state index contributed by atoms with van der Waals surface area (Å²) in [6.45, 7) is 3.58. The molecule has 0 atom stereocenters. The third-order valence-corrected chi connectivity index (χ3v) is 4.09. The zero-order valence-electron chi connectivity index (χ0n) is 10.6. The van der Waals surface area contributed by atoms with Crippen LogP contribution in [0.1, 0.15) is 31.1 Å². The molecule has 1 heterocycles. The van der Waals surface area contributed by atoms with E-state index in [9.17, 15) is 4.79 Å². The summed E-state index contributed by atoms with van der Waals surface area (Å²) >= 11 is 1.76. The molecule has 3 nitrogen and oxygen atoms in total. The molecule has 0 spiro atoms. The molecule has 0 unspecified atom stereocenters. The summed E-state index contributed by atoms with van der Waals surface area (Å²) in [4.78, 5) is 14.7. The number of hydrogen-bond donors (Lipinski definition) is 1. The fraction of sp³-hybridized carbons (Fsp3) is 0.500. The van der Waals surface area contributed by atoms with Crippen molar-refractivity contribution in [3.8, 4) is 0 Å². The fourth-order valence-electron chi connectivity index (χ4n) is 2.00. The molecular weight excluding hydrogens is 246 g/mol. The van der Waals surface area contributed by atoms with Crippen LogP contribution in [0, 0.1) is 0 Å². The minimum Gasteiger partial charge on any atom is -0.478 e. The van der Waals surface area contributed by atoms with Gasteiger partial charge in [0.1, 0.15) is 0 Å². The maximum absolute atomic E-state index is 11.0. The van der Waals surface area contributed by atoms with E-state index in [1.165, 1.54) is 17.7 Å². The van der Waals surface area contributed by atoms with Crippen LogP contribution in [0.25, 0.3) is 0 Å². The van der Waals surface area contributed by atoms with Gasteiger partial charge in [-0.05, 0) is 30.7 Å². The summed E-state index contributed by atoms with van der Waals surface area (Å²) in [6.07, 6.45) is 4.95. The Morgan fingerprint density at radius 3 is 2.89 bits per heavy atom. The number of carboxylic acid groups (broad SMARTS) is 1. The second kappa shape index (κ2) is 6.16. The summed E-state index contributed by atoms with van der Waals surface area (Å²) in [5, 5.41) is 11.1. The van der Waals surface area contributed by atoms with Crippen molar-refractivity contribution in [3.05, 3.63) is 34.0 Å². The lowest BCUT2D eigenvalue weighted by Crippen LogP contribution is -2.25. The standard InChI is InChI=1S/C14H19NO2S/c1-2-11(14(16)17)7-8-15(12-5-6-12)10-13-4-3-9-18-13/h3-4,7,9,12H,2,5-6,8,10H2,1H3,(H,16,17). The molecule has 0 bridgehead atoms. The van der Waals surface area contributed by atoms with E-state index in [4.69, 9.17) is 5.11 Å². The van der Waals surface area contributed by atoms with E-state index in [2.05, 4.69) is 22.4 Å². The van der Waals surface area contributed by atoms with Crippen LogP contribution in [0.2, 0.25) is 0 Å². The van der Waals surface area contributed by atoms with Crippen molar-refractivity contribution in [2.24, 2.45) is 0 Å². The molecule has 1 aromatic heterocycles. The van der Waals surface area contributed by atoms with Gasteiger partial charge < -0.3 is 5.11 Å². The first-order valence-electron chi connectivity index (χ1n) is 6.39. The van der Waals surface area contributed by atoms with Crippen LogP contribution in [0.4, 0.5) is 0 Å². The van der Waals surface area contributed by atoms with Crippen molar-refractivity contribution in [1.29, 1.82) is 0 Å². The van der Waals surface area contributed by atoms with E-state index in [1.807, 2.05) is 13.0 Å². The van der Waals surface area contributed by atoms with Crippen LogP contribution in [0.15, 0.2) is 29.2 Å². The average Bonchev–Trinajstić information content (AvgIpc) is 3.06. The molecule has 0 aromatic carbocycles. The van der Waals surface area contributed by atoms with Crippen LogP contribution in [-0.4, -0.2) is 28.6 Å². The molecule has 1 aromatic rings. The lowest BCUT2D eigenvalue weighted by Gasteiger charge is -2.19. The summed E-state index contributed by atoms with van der Waals surface area (Å²) in [7, 11) is 0. The van der Waals surface area contributed by atoms with E-state index < -0.39 is 5.97 Å². The highest BCUT2D eigenvalue weighted by molar-refractivity contribution is 7.09. The number of aliphatic carboxylic acids is 1. The molecule has 18 heavy (non-hydrogen) atoms. The molecule has 4 heteroatoms. The van der Waals surface area contributed by atoms with Crippen LogP contribution < -0.4 is 0 Å². The van der Waals surface area contributed by atoms with Crippen molar-refractivity contribution >= 4 is 17.3 Å². The highest BCUT2D eigenvalue weighted by atomic mass is 32.1. The van der Waals surface area contributed by atoms with Gasteiger partial charge in [0.15, 0.2) is 0 Å². The van der Waals surface area contributed by atoms with Gasteiger partial charge in [0.2, 0.25) is 0 Å². The molecule has 1 aliphatic carbocycles. The van der Waals surface area contributed by atoms with E-state index in [0.717, 1.165) is 13.1 Å². The predicted molar refractivity (Wildman–Crippen MR) is 73.8 cm³/mol. The Kier molecular flexibility index (Phi) is 4.55. The van der Waals surface area contributed by atoms with Crippen LogP contribution in [0.5, 0.6) is 0 Å². The minimum absolute atomic E-state index is 0.520. The predicted octanol–water partition coefficient (Wildman–Crippen LogP) is 3.13. The molecular formula is C14H19NO2S. The van der Waals surface area contributed by atoms with E-state index >= 15 is 0 Å². The van der Waals surface area contributed by atoms with Crippen molar-refractivity contribution in [2.75, 3.05) is 6.54 Å². The zero-order chi connectivity index (χ0) is 13.0. The summed E-state index contributed by atoms with van der Waals surface area (Å²) in [5.41, 5.74) is 0.520. The smallest absolute Gasteiger partial charge is 0.331 e. The molecule has 1 N–H and O–H groups in total. The van der Waals surface area contributed by atoms with Crippen molar-refractivity contribution in [2.45, 2.75) is 38.8 Å². The third-order valence-electron chi connectivity index (χ3n) is 3.23. The van der Waals surface area contributed by atoms with Crippen LogP contribution >= 0.6 is 11.3 Å². The van der Waals surface area contributed by atoms with Gasteiger partial charge >= 0.3 is 5.97 Å². The van der Waals surface area contributed by atoms with Crippen molar-refractivity contribution in [3.63, 3.8) is 0 Å². The third kappa shape index (κ3) is 3.68. The average molecular weight is 265 g/mol. The summed E-state index contributed by atoms with van der Waals surface area (Å²) in [6, 6.07) is 4.85. The summed E-state index contributed by atoms with van der Waals surface area (Å²) in [5.74, 6) is -0.788. The maximum Gasteiger partial charge on any atom is 0.331 e. The Morgan fingerprint density at radius 2 is 2.39 bits per heavy atom. The Labute approximate surface area is 112 Å². The lowest BCUT2D eigenvalue weighted by atomic mass is 10.2. The van der Waals surface area contributed by atoms with Crippen molar-refractivity contribution < 1.29 is 9.90 Å². The number of hydrogen-bond acceptors (Lipinski definition) is 3. The van der Waals surface area contributed by atoms with Crippen molar-refractivity contribution in [1.82, 2.24) is 4.90 Å². The highest BCUT2D eigenvalue weighted by Crippen LogP contribution is 2.29. The highest BCUT2D eigenvalue weighted by Gasteiger charge is 2.28. The second-order valence-corrected chi connectivity index (χ2v) is 5.66. The first-order chi connectivity index (χ1) is 8.70. The molecule has 0 saturated heterocycles. The monoisotopic (exact) mass is 265 g/mol. The molecule has 98 valence electrons. The molecule has 1 aliphatic rings. The van der Waals surface area contributed by atoms with Gasteiger partial charge in [-0.1, -0.05) is 19.1 Å². The number of rotatable bonds is 7. The quantitative estimate of drug-likeness (QED) is 0.770. The van der Waals surface area contributed by atoms with Gasteiger partial charge in [0.25, 0.3) is 0 Å². The largest absolute Gasteiger partial charge is 0.478 e. The van der Waals surface area contributed by atoms with Crippen LogP contribution in [0.3, 0.4) is 0 Å². The summed E-state index contributed by atoms with van der Waals surface area (Å²) < 4.78 is 0. The first-order valence-corrected chi connectivity index (χ1v) is 7.27. The Balaban J connectivity index is 1.96.